The molecule has 1 aliphatic carbocycles. The van der Waals surface area contributed by atoms with Crippen molar-refractivity contribution < 1.29 is 4.39 Å². The molecule has 0 aliphatic heterocycles. The molecule has 0 spiro atoms. The third-order valence-electron chi connectivity index (χ3n) is 3.45. The van der Waals surface area contributed by atoms with Crippen molar-refractivity contribution in [1.82, 2.24) is 0 Å². The lowest BCUT2D eigenvalue weighted by molar-refractivity contribution is 0.521. The summed E-state index contributed by atoms with van der Waals surface area (Å²) >= 11 is 3.16. The second kappa shape index (κ2) is 4.24. The van der Waals surface area contributed by atoms with Crippen molar-refractivity contribution in [2.45, 2.75) is 26.2 Å². The van der Waals surface area contributed by atoms with Gasteiger partial charge in [-0.05, 0) is 46.7 Å². The Morgan fingerprint density at radius 1 is 1.50 bits per heavy atom. The number of hydrogen-bond donors (Lipinski definition) is 2. The van der Waals surface area contributed by atoms with Crippen LogP contribution in [-0.4, -0.2) is 6.54 Å². The van der Waals surface area contributed by atoms with Crippen LogP contribution in [0.5, 0.6) is 0 Å². The van der Waals surface area contributed by atoms with Crippen LogP contribution in [0.4, 0.5) is 15.8 Å². The maximum atomic E-state index is 13.2. The molecule has 0 saturated heterocycles. The molecule has 0 amide bonds. The molecule has 0 bridgehead atoms. The fourth-order valence-electron chi connectivity index (χ4n) is 1.83. The fraction of sp³-hybridized carbons (Fsp3) is 0.500. The lowest BCUT2D eigenvalue weighted by Gasteiger charge is -2.16. The summed E-state index contributed by atoms with van der Waals surface area (Å²) in [6, 6.07) is 3.05. The molecule has 1 aromatic rings. The van der Waals surface area contributed by atoms with Gasteiger partial charge in [0.15, 0.2) is 0 Å². The van der Waals surface area contributed by atoms with Crippen molar-refractivity contribution in [2.75, 3.05) is 17.6 Å². The number of benzene rings is 1. The zero-order chi connectivity index (χ0) is 11.8. The van der Waals surface area contributed by atoms with Crippen molar-refractivity contribution >= 4 is 27.3 Å². The van der Waals surface area contributed by atoms with Gasteiger partial charge in [0.05, 0.1) is 15.8 Å². The second-order valence-electron chi connectivity index (χ2n) is 4.56. The third kappa shape index (κ3) is 2.32. The Labute approximate surface area is 104 Å². The monoisotopic (exact) mass is 286 g/mol. The van der Waals surface area contributed by atoms with Crippen LogP contribution in [0.3, 0.4) is 0 Å². The SMILES string of the molecule is CCC1(CNc2cc(Br)c(F)cc2N)CC1. The van der Waals surface area contributed by atoms with E-state index in [1.165, 1.54) is 25.3 Å². The van der Waals surface area contributed by atoms with Gasteiger partial charge in [-0.2, -0.15) is 0 Å². The van der Waals surface area contributed by atoms with Crippen LogP contribution in [0.25, 0.3) is 0 Å². The molecular weight excluding hydrogens is 271 g/mol. The molecule has 0 heterocycles. The molecule has 1 aliphatic rings. The van der Waals surface area contributed by atoms with Crippen LogP contribution >= 0.6 is 15.9 Å². The van der Waals surface area contributed by atoms with E-state index in [1.807, 2.05) is 0 Å². The number of nitrogens with two attached hydrogens (primary N) is 1. The fourth-order valence-corrected chi connectivity index (χ4v) is 2.17. The molecule has 3 N–H and O–H groups in total. The van der Waals surface area contributed by atoms with Gasteiger partial charge in [0.25, 0.3) is 0 Å². The lowest BCUT2D eigenvalue weighted by atomic mass is 10.0. The molecule has 16 heavy (non-hydrogen) atoms. The molecular formula is C12H16BrFN2. The predicted octanol–water partition coefficient (Wildman–Crippen LogP) is 3.77. The average molecular weight is 287 g/mol. The minimum absolute atomic E-state index is 0.320. The maximum absolute atomic E-state index is 13.2. The molecule has 2 nitrogen and oxygen atoms in total. The van der Waals surface area contributed by atoms with Gasteiger partial charge in [-0.15, -0.1) is 0 Å². The molecule has 1 fully saturated rings. The van der Waals surface area contributed by atoms with Gasteiger partial charge in [0, 0.05) is 12.6 Å². The van der Waals surface area contributed by atoms with Crippen LogP contribution in [0.15, 0.2) is 16.6 Å². The normalized spacial score (nSPS) is 17.2. The van der Waals surface area contributed by atoms with Crippen LogP contribution < -0.4 is 11.1 Å². The average Bonchev–Trinajstić information content (AvgIpc) is 3.02. The Morgan fingerprint density at radius 2 is 2.19 bits per heavy atom. The summed E-state index contributed by atoms with van der Waals surface area (Å²) in [5.41, 5.74) is 7.49. The number of halogens is 2. The summed E-state index contributed by atoms with van der Waals surface area (Å²) in [5.74, 6) is -0.320. The zero-order valence-electron chi connectivity index (χ0n) is 9.32. The summed E-state index contributed by atoms with van der Waals surface area (Å²) in [4.78, 5) is 0. The van der Waals surface area contributed by atoms with Gasteiger partial charge in [0.1, 0.15) is 5.82 Å². The molecule has 0 aromatic heterocycles. The summed E-state index contributed by atoms with van der Waals surface area (Å²) < 4.78 is 13.6. The van der Waals surface area contributed by atoms with E-state index in [4.69, 9.17) is 5.73 Å². The summed E-state index contributed by atoms with van der Waals surface area (Å²) in [6.07, 6.45) is 3.74. The minimum atomic E-state index is -0.320. The van der Waals surface area contributed by atoms with Crippen molar-refractivity contribution in [2.24, 2.45) is 5.41 Å². The molecule has 88 valence electrons. The Hall–Kier alpha value is -0.770. The van der Waals surface area contributed by atoms with Gasteiger partial charge in [-0.3, -0.25) is 0 Å². The Morgan fingerprint density at radius 3 is 2.75 bits per heavy atom. The van der Waals surface area contributed by atoms with Gasteiger partial charge in [-0.25, -0.2) is 4.39 Å². The van der Waals surface area contributed by atoms with E-state index in [9.17, 15) is 4.39 Å². The summed E-state index contributed by atoms with van der Waals surface area (Å²) in [6.45, 7) is 3.13. The molecule has 0 unspecified atom stereocenters. The molecule has 2 rings (SSSR count). The Bertz CT molecular complexity index is 402. The zero-order valence-corrected chi connectivity index (χ0v) is 10.9. The summed E-state index contributed by atoms with van der Waals surface area (Å²) in [7, 11) is 0. The van der Waals surface area contributed by atoms with Crippen molar-refractivity contribution in [3.63, 3.8) is 0 Å². The van der Waals surface area contributed by atoms with Crippen molar-refractivity contribution in [3.05, 3.63) is 22.4 Å². The van der Waals surface area contributed by atoms with E-state index >= 15 is 0 Å². The van der Waals surface area contributed by atoms with E-state index in [2.05, 4.69) is 28.2 Å². The van der Waals surface area contributed by atoms with Gasteiger partial charge in [-0.1, -0.05) is 6.92 Å². The minimum Gasteiger partial charge on any atom is -0.397 e. The highest BCUT2D eigenvalue weighted by Gasteiger charge is 2.40. The number of rotatable bonds is 4. The highest BCUT2D eigenvalue weighted by Crippen LogP contribution is 2.48. The smallest absolute Gasteiger partial charge is 0.139 e. The van der Waals surface area contributed by atoms with E-state index < -0.39 is 0 Å². The molecule has 0 radical (unpaired) electrons. The number of anilines is 2. The van der Waals surface area contributed by atoms with E-state index in [0.717, 1.165) is 12.2 Å². The molecule has 1 aromatic carbocycles. The predicted molar refractivity (Wildman–Crippen MR) is 69.0 cm³/mol. The maximum Gasteiger partial charge on any atom is 0.139 e. The first-order chi connectivity index (χ1) is 7.56. The van der Waals surface area contributed by atoms with Crippen molar-refractivity contribution in [3.8, 4) is 0 Å². The standard InChI is InChI=1S/C12H16BrFN2/c1-2-12(3-4-12)7-16-11-5-8(13)9(14)6-10(11)15/h5-6,16H,2-4,7,15H2,1H3. The largest absolute Gasteiger partial charge is 0.397 e. The van der Waals surface area contributed by atoms with E-state index in [-0.39, 0.29) is 5.82 Å². The highest BCUT2D eigenvalue weighted by atomic mass is 79.9. The van der Waals surface area contributed by atoms with Crippen LogP contribution in [0.1, 0.15) is 26.2 Å². The first-order valence-corrected chi connectivity index (χ1v) is 6.34. The third-order valence-corrected chi connectivity index (χ3v) is 4.06. The molecule has 1 saturated carbocycles. The van der Waals surface area contributed by atoms with Gasteiger partial charge < -0.3 is 11.1 Å². The first-order valence-electron chi connectivity index (χ1n) is 5.55. The van der Waals surface area contributed by atoms with Crippen LogP contribution in [0, 0.1) is 11.2 Å². The van der Waals surface area contributed by atoms with Crippen LogP contribution in [0.2, 0.25) is 0 Å². The molecule has 0 atom stereocenters. The van der Waals surface area contributed by atoms with Crippen LogP contribution in [-0.2, 0) is 0 Å². The van der Waals surface area contributed by atoms with E-state index in [1.54, 1.807) is 6.07 Å². The highest BCUT2D eigenvalue weighted by molar-refractivity contribution is 9.10. The quantitative estimate of drug-likeness (QED) is 0.827. The lowest BCUT2D eigenvalue weighted by Crippen LogP contribution is -2.15. The van der Waals surface area contributed by atoms with Gasteiger partial charge in [0.2, 0.25) is 0 Å². The number of nitrogens with one attached hydrogen (secondary N) is 1. The van der Waals surface area contributed by atoms with Crippen molar-refractivity contribution in [1.29, 1.82) is 0 Å². The topological polar surface area (TPSA) is 38.0 Å². The second-order valence-corrected chi connectivity index (χ2v) is 5.42. The molecule has 4 heteroatoms. The Kier molecular flexibility index (Phi) is 3.10. The number of hydrogen-bond acceptors (Lipinski definition) is 2. The number of nitrogen functional groups attached to an aromatic ring is 1. The van der Waals surface area contributed by atoms with E-state index in [0.29, 0.717) is 15.6 Å². The first kappa shape index (κ1) is 11.7. The van der Waals surface area contributed by atoms with Gasteiger partial charge >= 0.3 is 0 Å². The Balaban J connectivity index is 2.07. The summed E-state index contributed by atoms with van der Waals surface area (Å²) in [5, 5.41) is 3.31.